The van der Waals surface area contributed by atoms with Gasteiger partial charge in [0.05, 0.1) is 12.0 Å². The minimum atomic E-state index is -0.0148. The summed E-state index contributed by atoms with van der Waals surface area (Å²) in [5, 5.41) is 8.89. The first-order chi connectivity index (χ1) is 6.86. The monoisotopic (exact) mass is 201 g/mol. The number of hydrogen-bond acceptors (Lipinski definition) is 1. The third-order valence-electron chi connectivity index (χ3n) is 2.80. The molecule has 0 heterocycles. The zero-order valence-corrected chi connectivity index (χ0v) is 10.3. The van der Waals surface area contributed by atoms with E-state index in [-0.39, 0.29) is 11.3 Å². The van der Waals surface area contributed by atoms with Crippen LogP contribution in [-0.4, -0.2) is 0 Å². The summed E-state index contributed by atoms with van der Waals surface area (Å²) in [4.78, 5) is 0. The van der Waals surface area contributed by atoms with Crippen LogP contribution in [0.5, 0.6) is 0 Å². The van der Waals surface area contributed by atoms with Crippen molar-refractivity contribution < 1.29 is 0 Å². The SMILES string of the molecule is Cc1cc(C(C)(C)C)ccc1C(C)C#N. The van der Waals surface area contributed by atoms with Gasteiger partial charge in [-0.1, -0.05) is 39.0 Å². The topological polar surface area (TPSA) is 23.8 Å². The fraction of sp³-hybridized carbons (Fsp3) is 0.500. The fourth-order valence-corrected chi connectivity index (χ4v) is 1.70. The maximum atomic E-state index is 8.89. The molecule has 0 aliphatic heterocycles. The first-order valence-corrected chi connectivity index (χ1v) is 5.37. The van der Waals surface area contributed by atoms with Crippen LogP contribution in [-0.2, 0) is 5.41 Å². The Morgan fingerprint density at radius 2 is 1.87 bits per heavy atom. The summed E-state index contributed by atoms with van der Waals surface area (Å²) in [5.74, 6) is -0.0148. The highest BCUT2D eigenvalue weighted by molar-refractivity contribution is 5.38. The summed E-state index contributed by atoms with van der Waals surface area (Å²) in [6, 6.07) is 8.70. The second-order valence-corrected chi connectivity index (χ2v) is 5.17. The van der Waals surface area contributed by atoms with Crippen molar-refractivity contribution in [3.05, 3.63) is 34.9 Å². The van der Waals surface area contributed by atoms with Crippen molar-refractivity contribution >= 4 is 0 Å². The molecule has 1 aromatic rings. The van der Waals surface area contributed by atoms with Gasteiger partial charge in [-0.15, -0.1) is 0 Å². The first-order valence-electron chi connectivity index (χ1n) is 5.37. The summed E-state index contributed by atoms with van der Waals surface area (Å²) in [7, 11) is 0. The molecular weight excluding hydrogens is 182 g/mol. The molecule has 0 amide bonds. The molecule has 0 fully saturated rings. The van der Waals surface area contributed by atoms with Crippen molar-refractivity contribution in [1.29, 1.82) is 5.26 Å². The van der Waals surface area contributed by atoms with Crippen LogP contribution in [0.3, 0.4) is 0 Å². The third-order valence-corrected chi connectivity index (χ3v) is 2.80. The molecule has 80 valence electrons. The van der Waals surface area contributed by atoms with Gasteiger partial charge in [0, 0.05) is 0 Å². The molecule has 0 N–H and O–H groups in total. The van der Waals surface area contributed by atoms with Gasteiger partial charge in [-0.25, -0.2) is 0 Å². The predicted octanol–water partition coefficient (Wildman–Crippen LogP) is 3.92. The second-order valence-electron chi connectivity index (χ2n) is 5.17. The summed E-state index contributed by atoms with van der Waals surface area (Å²) in [6.07, 6.45) is 0. The van der Waals surface area contributed by atoms with Gasteiger partial charge in [0.2, 0.25) is 0 Å². The smallest absolute Gasteiger partial charge is 0.0700 e. The van der Waals surface area contributed by atoms with Gasteiger partial charge in [0.15, 0.2) is 0 Å². The normalized spacial score (nSPS) is 13.3. The Morgan fingerprint density at radius 1 is 1.27 bits per heavy atom. The van der Waals surface area contributed by atoms with Crippen LogP contribution in [0.1, 0.15) is 50.3 Å². The number of nitriles is 1. The third kappa shape index (κ3) is 2.59. The first kappa shape index (κ1) is 11.8. The highest BCUT2D eigenvalue weighted by atomic mass is 14.3. The number of hydrogen-bond donors (Lipinski definition) is 0. The van der Waals surface area contributed by atoms with Crippen LogP contribution < -0.4 is 0 Å². The standard InChI is InChI=1S/C14H19N/c1-10-8-12(14(3,4)5)6-7-13(10)11(2)9-15/h6-8,11H,1-5H3. The second kappa shape index (κ2) is 4.06. The molecule has 0 saturated heterocycles. The van der Waals surface area contributed by atoms with E-state index in [0.29, 0.717) is 0 Å². The Kier molecular flexibility index (Phi) is 3.19. The zero-order chi connectivity index (χ0) is 11.6. The van der Waals surface area contributed by atoms with Crippen molar-refractivity contribution in [2.24, 2.45) is 0 Å². The van der Waals surface area contributed by atoms with Gasteiger partial charge in [-0.05, 0) is 36.0 Å². The lowest BCUT2D eigenvalue weighted by atomic mass is 9.84. The maximum absolute atomic E-state index is 8.89. The lowest BCUT2D eigenvalue weighted by Gasteiger charge is -2.21. The van der Waals surface area contributed by atoms with Gasteiger partial charge >= 0.3 is 0 Å². The van der Waals surface area contributed by atoms with Crippen LogP contribution in [0, 0.1) is 18.3 Å². The Hall–Kier alpha value is -1.29. The minimum Gasteiger partial charge on any atom is -0.198 e. The van der Waals surface area contributed by atoms with Crippen molar-refractivity contribution in [2.75, 3.05) is 0 Å². The molecule has 1 nitrogen and oxygen atoms in total. The quantitative estimate of drug-likeness (QED) is 0.675. The number of rotatable bonds is 1. The zero-order valence-electron chi connectivity index (χ0n) is 10.3. The fourth-order valence-electron chi connectivity index (χ4n) is 1.70. The van der Waals surface area contributed by atoms with Crippen molar-refractivity contribution in [3.63, 3.8) is 0 Å². The predicted molar refractivity (Wildman–Crippen MR) is 63.9 cm³/mol. The summed E-state index contributed by atoms with van der Waals surface area (Å²) in [5.41, 5.74) is 3.87. The molecule has 0 aromatic heterocycles. The molecule has 1 unspecified atom stereocenters. The van der Waals surface area contributed by atoms with Crippen molar-refractivity contribution in [1.82, 2.24) is 0 Å². The molecule has 0 aliphatic carbocycles. The van der Waals surface area contributed by atoms with E-state index in [1.807, 2.05) is 6.92 Å². The van der Waals surface area contributed by atoms with Gasteiger partial charge in [-0.3, -0.25) is 0 Å². The molecule has 0 aliphatic rings. The highest BCUT2D eigenvalue weighted by Crippen LogP contribution is 2.27. The Balaban J connectivity index is 3.16. The highest BCUT2D eigenvalue weighted by Gasteiger charge is 2.15. The van der Waals surface area contributed by atoms with Gasteiger partial charge in [0.1, 0.15) is 0 Å². The number of aryl methyl sites for hydroxylation is 1. The summed E-state index contributed by atoms with van der Waals surface area (Å²) < 4.78 is 0. The molecule has 0 bridgehead atoms. The molecular formula is C14H19N. The maximum Gasteiger partial charge on any atom is 0.0700 e. The summed E-state index contributed by atoms with van der Waals surface area (Å²) >= 11 is 0. The molecule has 0 spiro atoms. The molecule has 1 aromatic carbocycles. The lowest BCUT2D eigenvalue weighted by molar-refractivity contribution is 0.589. The Labute approximate surface area is 92.7 Å². The van der Waals surface area contributed by atoms with Crippen LogP contribution in [0.4, 0.5) is 0 Å². The van der Waals surface area contributed by atoms with E-state index in [1.165, 1.54) is 11.1 Å². The molecule has 1 heteroatoms. The van der Waals surface area contributed by atoms with E-state index < -0.39 is 0 Å². The van der Waals surface area contributed by atoms with Gasteiger partial charge in [-0.2, -0.15) is 5.26 Å². The molecule has 1 rings (SSSR count). The lowest BCUT2D eigenvalue weighted by Crippen LogP contribution is -2.11. The van der Waals surface area contributed by atoms with Crippen molar-refractivity contribution in [3.8, 4) is 6.07 Å². The van der Waals surface area contributed by atoms with E-state index in [4.69, 9.17) is 5.26 Å². The van der Waals surface area contributed by atoms with Crippen LogP contribution in [0.15, 0.2) is 18.2 Å². The number of nitrogens with zero attached hydrogens (tertiary/aromatic N) is 1. The average Bonchev–Trinajstić information content (AvgIpc) is 2.15. The number of benzene rings is 1. The van der Waals surface area contributed by atoms with Crippen LogP contribution in [0.25, 0.3) is 0 Å². The average molecular weight is 201 g/mol. The van der Waals surface area contributed by atoms with E-state index in [0.717, 1.165) is 5.56 Å². The van der Waals surface area contributed by atoms with Crippen molar-refractivity contribution in [2.45, 2.75) is 46.0 Å². The van der Waals surface area contributed by atoms with Gasteiger partial charge < -0.3 is 0 Å². The molecule has 15 heavy (non-hydrogen) atoms. The minimum absolute atomic E-state index is 0.0148. The van der Waals surface area contributed by atoms with E-state index >= 15 is 0 Å². The van der Waals surface area contributed by atoms with Crippen LogP contribution >= 0.6 is 0 Å². The largest absolute Gasteiger partial charge is 0.198 e. The molecule has 0 saturated carbocycles. The van der Waals surface area contributed by atoms with E-state index in [9.17, 15) is 0 Å². The van der Waals surface area contributed by atoms with E-state index in [1.54, 1.807) is 0 Å². The molecule has 1 atom stereocenters. The van der Waals surface area contributed by atoms with Crippen LogP contribution in [0.2, 0.25) is 0 Å². The Bertz CT molecular complexity index is 391. The van der Waals surface area contributed by atoms with E-state index in [2.05, 4.69) is 52.0 Å². The molecule has 0 radical (unpaired) electrons. The Morgan fingerprint density at radius 3 is 2.27 bits per heavy atom. The summed E-state index contributed by atoms with van der Waals surface area (Å²) in [6.45, 7) is 10.6. The van der Waals surface area contributed by atoms with Gasteiger partial charge in [0.25, 0.3) is 0 Å².